The van der Waals surface area contributed by atoms with Crippen LogP contribution in [0.15, 0.2) is 35.0 Å². The Hall–Kier alpha value is -3.47. The summed E-state index contributed by atoms with van der Waals surface area (Å²) in [5.41, 5.74) is 0.421. The highest BCUT2D eigenvalue weighted by atomic mass is 19.1. The van der Waals surface area contributed by atoms with Crippen molar-refractivity contribution in [3.8, 4) is 0 Å². The molecule has 0 bridgehead atoms. The standard InChI is InChI=1S/C30H42FN5O5/c1-19(18-40-6)34(5)27(37)20-7-10-24(25(31)15-20)26-32-16-21(17-33-26)28(38)36(22-8-9-22)23-11-13-35(14-12-23)29(39)41-30(2,3)4/h7,10,15-16,19,22-23H,8-9,11-14,17-18H2,1-6H3,(H,32,33). The van der Waals surface area contributed by atoms with Gasteiger partial charge in [0.05, 0.1) is 30.3 Å². The largest absolute Gasteiger partial charge is 0.444 e. The zero-order valence-corrected chi connectivity index (χ0v) is 24.9. The summed E-state index contributed by atoms with van der Waals surface area (Å²) in [6, 6.07) is 4.38. The number of rotatable bonds is 8. The highest BCUT2D eigenvalue weighted by Crippen LogP contribution is 2.33. The van der Waals surface area contributed by atoms with Gasteiger partial charge in [-0.1, -0.05) is 0 Å². The summed E-state index contributed by atoms with van der Waals surface area (Å²) in [5, 5.41) is 2.99. The normalized spacial score (nSPS) is 18.6. The molecule has 3 aliphatic rings. The number of hydrogen-bond acceptors (Lipinski definition) is 7. The molecule has 2 fully saturated rings. The molecule has 2 aliphatic heterocycles. The molecule has 224 valence electrons. The fourth-order valence-corrected chi connectivity index (χ4v) is 5.10. The van der Waals surface area contributed by atoms with Crippen molar-refractivity contribution in [2.24, 2.45) is 4.99 Å². The first kappa shape index (κ1) is 30.5. The number of amidine groups is 1. The Bertz CT molecular complexity index is 1210. The average molecular weight is 572 g/mol. The fourth-order valence-electron chi connectivity index (χ4n) is 5.10. The van der Waals surface area contributed by atoms with Crippen LogP contribution in [0.4, 0.5) is 9.18 Å². The van der Waals surface area contributed by atoms with Crippen LogP contribution in [0, 0.1) is 5.82 Å². The molecule has 3 amide bonds. The van der Waals surface area contributed by atoms with Gasteiger partial charge < -0.3 is 29.5 Å². The van der Waals surface area contributed by atoms with Crippen LogP contribution >= 0.6 is 0 Å². The topological polar surface area (TPSA) is 104 Å². The zero-order chi connectivity index (χ0) is 29.9. The number of likely N-dealkylation sites (tertiary alicyclic amines) is 1. The quantitative estimate of drug-likeness (QED) is 0.512. The minimum atomic E-state index is -0.575. The highest BCUT2D eigenvalue weighted by Gasteiger charge is 2.40. The van der Waals surface area contributed by atoms with Crippen molar-refractivity contribution in [2.45, 2.75) is 77.1 Å². The number of piperidine rings is 1. The Morgan fingerprint density at radius 3 is 2.32 bits per heavy atom. The molecular weight excluding hydrogens is 529 g/mol. The maximum atomic E-state index is 15.1. The Kier molecular flexibility index (Phi) is 9.36. The Morgan fingerprint density at radius 1 is 1.12 bits per heavy atom. The monoisotopic (exact) mass is 571 g/mol. The molecule has 1 aromatic carbocycles. The van der Waals surface area contributed by atoms with E-state index in [4.69, 9.17) is 9.47 Å². The number of carbonyl (C=O) groups excluding carboxylic acids is 3. The summed E-state index contributed by atoms with van der Waals surface area (Å²) >= 11 is 0. The van der Waals surface area contributed by atoms with Gasteiger partial charge in [0.2, 0.25) is 0 Å². The molecule has 1 saturated carbocycles. The van der Waals surface area contributed by atoms with Gasteiger partial charge in [0.25, 0.3) is 11.8 Å². The first-order valence-corrected chi connectivity index (χ1v) is 14.3. The van der Waals surface area contributed by atoms with Crippen LogP contribution < -0.4 is 5.32 Å². The lowest BCUT2D eigenvalue weighted by Crippen LogP contribution is -2.51. The lowest BCUT2D eigenvalue weighted by Gasteiger charge is -2.39. The number of carbonyl (C=O) groups is 3. The van der Waals surface area contributed by atoms with Gasteiger partial charge in [-0.15, -0.1) is 0 Å². The smallest absolute Gasteiger partial charge is 0.410 e. The second kappa shape index (κ2) is 12.6. The molecule has 41 heavy (non-hydrogen) atoms. The molecule has 1 atom stereocenters. The minimum absolute atomic E-state index is 0.0345. The van der Waals surface area contributed by atoms with E-state index < -0.39 is 11.4 Å². The number of benzene rings is 1. The summed E-state index contributed by atoms with van der Waals surface area (Å²) < 4.78 is 25.7. The highest BCUT2D eigenvalue weighted by molar-refractivity contribution is 6.04. The van der Waals surface area contributed by atoms with E-state index in [-0.39, 0.29) is 53.7 Å². The second-order valence-corrected chi connectivity index (χ2v) is 12.0. The summed E-state index contributed by atoms with van der Waals surface area (Å²) in [6.45, 7) is 8.97. The Labute approximate surface area is 241 Å². The number of nitrogens with one attached hydrogen (secondary N) is 1. The predicted octanol–water partition coefficient (Wildman–Crippen LogP) is 3.56. The lowest BCUT2D eigenvalue weighted by atomic mass is 10.0. The molecule has 2 heterocycles. The molecule has 0 radical (unpaired) electrons. The number of hydrogen-bond donors (Lipinski definition) is 1. The Balaban J connectivity index is 1.37. The van der Waals surface area contributed by atoms with Crippen molar-refractivity contribution < 1.29 is 28.2 Å². The van der Waals surface area contributed by atoms with E-state index >= 15 is 4.39 Å². The van der Waals surface area contributed by atoms with E-state index in [0.717, 1.165) is 12.8 Å². The van der Waals surface area contributed by atoms with Crippen LogP contribution in [0.25, 0.3) is 0 Å². The van der Waals surface area contributed by atoms with Crippen molar-refractivity contribution >= 4 is 23.7 Å². The molecule has 4 rings (SSSR count). The molecule has 1 aromatic rings. The maximum Gasteiger partial charge on any atom is 0.410 e. The molecule has 1 saturated heterocycles. The Morgan fingerprint density at radius 2 is 1.78 bits per heavy atom. The predicted molar refractivity (Wildman–Crippen MR) is 153 cm³/mol. The first-order chi connectivity index (χ1) is 19.4. The van der Waals surface area contributed by atoms with Crippen LogP contribution in [0.3, 0.4) is 0 Å². The van der Waals surface area contributed by atoms with Crippen LogP contribution in [-0.2, 0) is 14.3 Å². The number of ether oxygens (including phenoxy) is 2. The van der Waals surface area contributed by atoms with Crippen molar-refractivity contribution in [3.05, 3.63) is 46.9 Å². The minimum Gasteiger partial charge on any atom is -0.444 e. The number of aliphatic imine (C=N–C) groups is 1. The van der Waals surface area contributed by atoms with E-state index in [1.165, 1.54) is 17.0 Å². The van der Waals surface area contributed by atoms with Gasteiger partial charge in [-0.3, -0.25) is 14.6 Å². The number of nitrogens with zero attached hydrogens (tertiary/aromatic N) is 4. The van der Waals surface area contributed by atoms with Gasteiger partial charge >= 0.3 is 6.09 Å². The molecule has 0 spiro atoms. The van der Waals surface area contributed by atoms with Crippen LogP contribution in [-0.4, -0.2) is 103 Å². The SMILES string of the molecule is COCC(C)N(C)C(=O)c1ccc(C2=NCC(C(=O)N(C3CC3)C3CCN(C(=O)OC(C)(C)C)CC3)=CN2)c(F)c1. The van der Waals surface area contributed by atoms with Crippen molar-refractivity contribution in [1.29, 1.82) is 0 Å². The summed E-state index contributed by atoms with van der Waals surface area (Å²) in [4.78, 5) is 48.5. The summed E-state index contributed by atoms with van der Waals surface area (Å²) in [5.74, 6) is -0.645. The molecule has 0 aromatic heterocycles. The van der Waals surface area contributed by atoms with Gasteiger partial charge in [-0.2, -0.15) is 0 Å². The van der Waals surface area contributed by atoms with Gasteiger partial charge in [0.1, 0.15) is 17.3 Å². The van der Waals surface area contributed by atoms with Gasteiger partial charge in [0.15, 0.2) is 0 Å². The zero-order valence-electron chi connectivity index (χ0n) is 24.9. The fraction of sp³-hybridized carbons (Fsp3) is 0.600. The third kappa shape index (κ3) is 7.44. The number of amides is 3. The van der Waals surface area contributed by atoms with E-state index in [9.17, 15) is 14.4 Å². The summed E-state index contributed by atoms with van der Waals surface area (Å²) in [7, 11) is 3.22. The van der Waals surface area contributed by atoms with Crippen LogP contribution in [0.5, 0.6) is 0 Å². The summed E-state index contributed by atoms with van der Waals surface area (Å²) in [6.07, 6.45) is 4.58. The maximum absolute atomic E-state index is 15.1. The molecule has 10 nitrogen and oxygen atoms in total. The van der Waals surface area contributed by atoms with Gasteiger partial charge in [-0.25, -0.2) is 9.18 Å². The molecule has 1 unspecified atom stereocenters. The van der Waals surface area contributed by atoms with E-state index in [1.54, 1.807) is 31.3 Å². The third-order valence-corrected chi connectivity index (χ3v) is 7.61. The average Bonchev–Trinajstić information content (AvgIpc) is 3.77. The number of methoxy groups -OCH3 is 1. The van der Waals surface area contributed by atoms with Crippen LogP contribution in [0.1, 0.15) is 69.3 Å². The number of halogens is 1. The lowest BCUT2D eigenvalue weighted by molar-refractivity contribution is -0.131. The van der Waals surface area contributed by atoms with Crippen molar-refractivity contribution in [3.63, 3.8) is 0 Å². The van der Waals surface area contributed by atoms with Crippen molar-refractivity contribution in [1.82, 2.24) is 20.0 Å². The van der Waals surface area contributed by atoms with E-state index in [2.05, 4.69) is 10.3 Å². The molecule has 1 aliphatic carbocycles. The molecular formula is C30H42FN5O5. The van der Waals surface area contributed by atoms with Gasteiger partial charge in [-0.05, 0) is 71.6 Å². The second-order valence-electron chi connectivity index (χ2n) is 12.0. The van der Waals surface area contributed by atoms with E-state index in [0.29, 0.717) is 43.9 Å². The third-order valence-electron chi connectivity index (χ3n) is 7.61. The molecule has 1 N–H and O–H groups in total. The van der Waals surface area contributed by atoms with Gasteiger partial charge in [0, 0.05) is 51.1 Å². The van der Waals surface area contributed by atoms with Crippen molar-refractivity contribution in [2.75, 3.05) is 40.4 Å². The van der Waals surface area contributed by atoms with Crippen LogP contribution in [0.2, 0.25) is 0 Å². The first-order valence-electron chi connectivity index (χ1n) is 14.3. The molecule has 11 heteroatoms. The number of likely N-dealkylation sites (N-methyl/N-ethyl adjacent to an activating group) is 1. The van der Waals surface area contributed by atoms with E-state index in [1.807, 2.05) is 32.6 Å².